The van der Waals surface area contributed by atoms with Gasteiger partial charge >= 0.3 is 7.82 Å². The highest BCUT2D eigenvalue weighted by Crippen LogP contribution is 2.35. The number of nitrogens with one attached hydrogen (secondary N) is 1. The molecule has 0 bridgehead atoms. The van der Waals surface area contributed by atoms with Gasteiger partial charge in [-0.3, -0.25) is 9.32 Å². The quantitative estimate of drug-likeness (QED) is 0.0286. The first-order valence-electron chi connectivity index (χ1n) is 21.1. The lowest BCUT2D eigenvalue weighted by molar-refractivity contribution is -0.123. The Morgan fingerprint density at radius 1 is 0.571 bits per heavy atom. The number of hydrogen-bond acceptors (Lipinski definition) is 4. The van der Waals surface area contributed by atoms with Crippen molar-refractivity contribution in [2.24, 2.45) is 0 Å². The van der Waals surface area contributed by atoms with Crippen molar-refractivity contribution in [2.45, 2.75) is 238 Å². The molecule has 0 aromatic carbocycles. The van der Waals surface area contributed by atoms with E-state index in [1.807, 2.05) is 6.08 Å². The molecular formula is C41H82NO6P. The van der Waals surface area contributed by atoms with Gasteiger partial charge in [0.1, 0.15) is 0 Å². The van der Waals surface area contributed by atoms with Crippen molar-refractivity contribution in [3.63, 3.8) is 0 Å². The van der Waals surface area contributed by atoms with Gasteiger partial charge in [0.2, 0.25) is 5.91 Å². The Balaban J connectivity index is 3.94. The largest absolute Gasteiger partial charge is 0.469 e. The van der Waals surface area contributed by atoms with Gasteiger partial charge in [0.15, 0.2) is 0 Å². The summed E-state index contributed by atoms with van der Waals surface area (Å²) in [5, 5.41) is 13.4. The predicted octanol–water partition coefficient (Wildman–Crippen LogP) is 12.4. The number of aliphatic hydroxyl groups excluding tert-OH is 1. The van der Waals surface area contributed by atoms with E-state index in [2.05, 4.69) is 23.7 Å². The highest BCUT2D eigenvalue weighted by molar-refractivity contribution is 7.46. The molecule has 0 unspecified atom stereocenters. The van der Waals surface area contributed by atoms with Gasteiger partial charge < -0.3 is 20.2 Å². The Bertz CT molecular complexity index is 773. The molecule has 0 heterocycles. The third-order valence-corrected chi connectivity index (χ3v) is 10.2. The predicted molar refractivity (Wildman–Crippen MR) is 209 cm³/mol. The Hall–Kier alpha value is -0.720. The Kier molecular flexibility index (Phi) is 36.5. The first kappa shape index (κ1) is 48.3. The van der Waals surface area contributed by atoms with Gasteiger partial charge in [0, 0.05) is 6.42 Å². The number of unbranched alkanes of at least 4 members (excludes halogenated alkanes) is 30. The van der Waals surface area contributed by atoms with Crippen LogP contribution in [0.5, 0.6) is 0 Å². The summed E-state index contributed by atoms with van der Waals surface area (Å²) in [5.41, 5.74) is 0. The van der Waals surface area contributed by atoms with Crippen molar-refractivity contribution in [3.8, 4) is 0 Å². The van der Waals surface area contributed by atoms with Crippen LogP contribution in [0.15, 0.2) is 12.2 Å². The van der Waals surface area contributed by atoms with Gasteiger partial charge in [-0.1, -0.05) is 212 Å². The van der Waals surface area contributed by atoms with Gasteiger partial charge in [-0.05, 0) is 19.3 Å². The molecule has 0 radical (unpaired) electrons. The molecule has 7 nitrogen and oxygen atoms in total. The monoisotopic (exact) mass is 716 g/mol. The zero-order valence-corrected chi connectivity index (χ0v) is 33.3. The zero-order chi connectivity index (χ0) is 36.1. The lowest BCUT2D eigenvalue weighted by Crippen LogP contribution is -2.45. The minimum Gasteiger partial charge on any atom is -0.387 e. The number of aliphatic hydroxyl groups is 1. The van der Waals surface area contributed by atoms with Crippen LogP contribution in [-0.2, 0) is 13.9 Å². The summed E-state index contributed by atoms with van der Waals surface area (Å²) in [6.45, 7) is 4.09. The van der Waals surface area contributed by atoms with Gasteiger partial charge in [0.25, 0.3) is 0 Å². The zero-order valence-electron chi connectivity index (χ0n) is 32.4. The molecule has 0 saturated carbocycles. The van der Waals surface area contributed by atoms with E-state index < -0.39 is 26.6 Å². The van der Waals surface area contributed by atoms with Crippen LogP contribution >= 0.6 is 7.82 Å². The lowest BCUT2D eigenvalue weighted by atomic mass is 10.0. The average molecular weight is 716 g/mol. The van der Waals surface area contributed by atoms with E-state index in [0.29, 0.717) is 6.42 Å². The number of carbonyl (C=O) groups excluding carboxylic acids is 1. The minimum absolute atomic E-state index is 0.223. The molecule has 292 valence electrons. The fourth-order valence-corrected chi connectivity index (χ4v) is 6.87. The number of amides is 1. The van der Waals surface area contributed by atoms with Crippen molar-refractivity contribution < 1.29 is 28.8 Å². The van der Waals surface area contributed by atoms with Crippen molar-refractivity contribution in [2.75, 3.05) is 6.61 Å². The van der Waals surface area contributed by atoms with Crippen LogP contribution in [0.2, 0.25) is 0 Å². The number of rotatable bonds is 39. The van der Waals surface area contributed by atoms with Gasteiger partial charge in [-0.25, -0.2) is 4.57 Å². The van der Waals surface area contributed by atoms with E-state index >= 15 is 0 Å². The summed E-state index contributed by atoms with van der Waals surface area (Å²) in [7, 11) is -4.71. The maximum Gasteiger partial charge on any atom is 0.469 e. The van der Waals surface area contributed by atoms with Crippen LogP contribution in [0.1, 0.15) is 226 Å². The molecular weight excluding hydrogens is 633 g/mol. The van der Waals surface area contributed by atoms with Crippen molar-refractivity contribution in [1.29, 1.82) is 0 Å². The van der Waals surface area contributed by atoms with Gasteiger partial charge in [0.05, 0.1) is 18.8 Å². The third kappa shape index (κ3) is 38.3. The van der Waals surface area contributed by atoms with E-state index in [1.54, 1.807) is 6.08 Å². The molecule has 0 fully saturated rings. The number of hydrogen-bond donors (Lipinski definition) is 4. The van der Waals surface area contributed by atoms with Crippen molar-refractivity contribution >= 4 is 13.7 Å². The highest BCUT2D eigenvalue weighted by atomic mass is 31.2. The van der Waals surface area contributed by atoms with Crippen molar-refractivity contribution in [3.05, 3.63) is 12.2 Å². The molecule has 0 aliphatic rings. The van der Waals surface area contributed by atoms with Crippen LogP contribution in [0.3, 0.4) is 0 Å². The minimum atomic E-state index is -4.71. The molecule has 0 rings (SSSR count). The molecule has 0 aliphatic carbocycles. The summed E-state index contributed by atoms with van der Waals surface area (Å²) in [4.78, 5) is 30.9. The van der Waals surface area contributed by atoms with E-state index in [4.69, 9.17) is 9.79 Å². The lowest BCUT2D eigenvalue weighted by Gasteiger charge is -2.22. The fraction of sp³-hybridized carbons (Fsp3) is 0.927. The Labute approximate surface area is 303 Å². The maximum atomic E-state index is 12.6. The molecule has 4 N–H and O–H groups in total. The summed E-state index contributed by atoms with van der Waals surface area (Å²) in [6, 6.07) is -0.904. The van der Waals surface area contributed by atoms with Crippen LogP contribution in [0.25, 0.3) is 0 Å². The topological polar surface area (TPSA) is 116 Å². The van der Waals surface area contributed by atoms with Gasteiger partial charge in [-0.2, -0.15) is 0 Å². The molecule has 8 heteroatoms. The molecule has 0 aliphatic heterocycles. The molecule has 2 atom stereocenters. The fourth-order valence-electron chi connectivity index (χ4n) is 6.52. The highest BCUT2D eigenvalue weighted by Gasteiger charge is 2.24. The molecule has 0 saturated heterocycles. The molecule has 0 aromatic heterocycles. The number of phosphoric acid groups is 1. The number of allylic oxidation sites excluding steroid dienone is 1. The third-order valence-electron chi connectivity index (χ3n) is 9.75. The summed E-state index contributed by atoms with van der Waals surface area (Å²) < 4.78 is 15.9. The van der Waals surface area contributed by atoms with E-state index in [0.717, 1.165) is 38.5 Å². The summed E-state index contributed by atoms with van der Waals surface area (Å²) in [5.74, 6) is -0.223. The summed E-state index contributed by atoms with van der Waals surface area (Å²) >= 11 is 0. The van der Waals surface area contributed by atoms with Gasteiger partial charge in [-0.15, -0.1) is 0 Å². The maximum absolute atomic E-state index is 12.6. The molecule has 0 spiro atoms. The Morgan fingerprint density at radius 3 is 1.24 bits per heavy atom. The molecule has 49 heavy (non-hydrogen) atoms. The van der Waals surface area contributed by atoms with Crippen LogP contribution in [-0.4, -0.2) is 39.6 Å². The first-order chi connectivity index (χ1) is 23.8. The standard InChI is InChI=1S/C41H82NO6P/c1-3-5-7-9-11-13-15-17-19-21-23-25-27-29-31-33-35-37-41(44)42-39(38-48-49(45,46)47)40(43)36-34-32-30-28-26-24-22-20-18-16-14-12-10-8-6-4-2/h34,36,39-40,43H,3-33,35,37-38H2,1-2H3,(H,42,44)(H2,45,46,47)/b36-34+/t39-,40+/m0/s1. The smallest absolute Gasteiger partial charge is 0.387 e. The second-order valence-corrected chi connectivity index (χ2v) is 15.9. The van der Waals surface area contributed by atoms with Crippen LogP contribution in [0.4, 0.5) is 0 Å². The second kappa shape index (κ2) is 37.1. The number of carbonyl (C=O) groups is 1. The average Bonchev–Trinajstić information content (AvgIpc) is 3.07. The Morgan fingerprint density at radius 2 is 0.898 bits per heavy atom. The van der Waals surface area contributed by atoms with Crippen molar-refractivity contribution in [1.82, 2.24) is 5.32 Å². The normalized spacial score (nSPS) is 13.3. The first-order valence-corrected chi connectivity index (χ1v) is 22.7. The second-order valence-electron chi connectivity index (χ2n) is 14.7. The SMILES string of the molecule is CCCCCCCCCCCCCCCC/C=C/[C@@H](O)[C@H](COP(=O)(O)O)NC(=O)CCCCCCCCCCCCCCCCCCC. The van der Waals surface area contributed by atoms with Crippen LogP contribution in [0, 0.1) is 0 Å². The van der Waals surface area contributed by atoms with E-state index in [9.17, 15) is 14.5 Å². The van der Waals surface area contributed by atoms with Crippen LogP contribution < -0.4 is 5.32 Å². The number of phosphoric ester groups is 1. The summed E-state index contributed by atoms with van der Waals surface area (Å²) in [6.07, 6.45) is 43.7. The van der Waals surface area contributed by atoms with E-state index in [-0.39, 0.29) is 5.91 Å². The molecule has 0 aromatic rings. The molecule has 1 amide bonds. The van der Waals surface area contributed by atoms with E-state index in [1.165, 1.54) is 167 Å².